The summed E-state index contributed by atoms with van der Waals surface area (Å²) in [4.78, 5) is 15.3. The highest BCUT2D eigenvalue weighted by atomic mass is 16.7. The lowest BCUT2D eigenvalue weighted by molar-refractivity contribution is -0.156. The summed E-state index contributed by atoms with van der Waals surface area (Å²) < 4.78 is 12.4. The van der Waals surface area contributed by atoms with Gasteiger partial charge in [-0.15, -0.1) is 0 Å². The Kier molecular flexibility index (Phi) is 6.81. The summed E-state index contributed by atoms with van der Waals surface area (Å²) in [5.41, 5.74) is 8.37. The number of piperidine rings is 1. The SMILES string of the molecule is O=C(C1=C[C@@H](c2ccc3c(c2)-c2ccccc2C3)C[C@@H](OCc2ccc(CO)cc2)O1)N1CCCCC1. The molecule has 2 aliphatic heterocycles. The third-order valence-corrected chi connectivity index (χ3v) is 7.80. The number of likely N-dealkylation sites (tertiary alicyclic amines) is 1. The minimum absolute atomic E-state index is 0.0204. The number of hydrogen-bond donors (Lipinski definition) is 1. The normalized spacial score (nSPS) is 20.6. The molecule has 0 spiro atoms. The number of carbonyl (C=O) groups is 1. The Balaban J connectivity index is 1.26. The first-order valence-electron chi connectivity index (χ1n) is 13.4. The number of fused-ring (bicyclic) bond motifs is 3. The molecule has 190 valence electrons. The van der Waals surface area contributed by atoms with Gasteiger partial charge in [0, 0.05) is 25.4 Å². The number of hydrogen-bond acceptors (Lipinski definition) is 4. The van der Waals surface area contributed by atoms with Crippen LogP contribution in [0.25, 0.3) is 11.1 Å². The van der Waals surface area contributed by atoms with E-state index in [0.717, 1.165) is 43.5 Å². The number of nitrogens with zero attached hydrogens (tertiary/aromatic N) is 1. The number of aliphatic hydroxyl groups is 1. The lowest BCUT2D eigenvalue weighted by Gasteiger charge is -2.33. The van der Waals surface area contributed by atoms with Crippen molar-refractivity contribution in [3.8, 4) is 11.1 Å². The lowest BCUT2D eigenvalue weighted by Crippen LogP contribution is -2.39. The maximum Gasteiger partial charge on any atom is 0.288 e. The van der Waals surface area contributed by atoms with Crippen LogP contribution in [0.4, 0.5) is 0 Å². The van der Waals surface area contributed by atoms with E-state index in [0.29, 0.717) is 18.8 Å². The number of amides is 1. The zero-order valence-electron chi connectivity index (χ0n) is 21.1. The zero-order chi connectivity index (χ0) is 25.2. The van der Waals surface area contributed by atoms with E-state index in [2.05, 4.69) is 42.5 Å². The molecule has 0 unspecified atom stereocenters. The molecule has 1 aliphatic carbocycles. The van der Waals surface area contributed by atoms with Crippen molar-refractivity contribution in [2.75, 3.05) is 13.1 Å². The van der Waals surface area contributed by atoms with Gasteiger partial charge in [0.05, 0.1) is 13.2 Å². The van der Waals surface area contributed by atoms with Gasteiger partial charge in [-0.05, 0) is 70.7 Å². The second-order valence-electron chi connectivity index (χ2n) is 10.3. The first-order chi connectivity index (χ1) is 18.2. The summed E-state index contributed by atoms with van der Waals surface area (Å²) in [6, 6.07) is 23.0. The van der Waals surface area contributed by atoms with Crippen LogP contribution in [-0.2, 0) is 33.9 Å². The molecule has 6 rings (SSSR count). The number of allylic oxidation sites excluding steroid dienone is 1. The van der Waals surface area contributed by atoms with Gasteiger partial charge in [-0.2, -0.15) is 0 Å². The average molecular weight is 496 g/mol. The predicted molar refractivity (Wildman–Crippen MR) is 143 cm³/mol. The molecule has 1 fully saturated rings. The van der Waals surface area contributed by atoms with Gasteiger partial charge in [-0.3, -0.25) is 4.79 Å². The highest BCUT2D eigenvalue weighted by Gasteiger charge is 2.32. The second kappa shape index (κ2) is 10.5. The Morgan fingerprint density at radius 1 is 0.919 bits per heavy atom. The maximum absolute atomic E-state index is 13.4. The molecule has 0 saturated carbocycles. The van der Waals surface area contributed by atoms with Gasteiger partial charge in [0.1, 0.15) is 0 Å². The molecule has 2 heterocycles. The van der Waals surface area contributed by atoms with E-state index in [-0.39, 0.29) is 18.4 Å². The van der Waals surface area contributed by atoms with Crippen molar-refractivity contribution in [3.63, 3.8) is 0 Å². The summed E-state index contributed by atoms with van der Waals surface area (Å²) in [7, 11) is 0. The largest absolute Gasteiger partial charge is 0.459 e. The molecule has 3 aromatic carbocycles. The molecule has 3 aromatic rings. The van der Waals surface area contributed by atoms with E-state index in [9.17, 15) is 9.90 Å². The summed E-state index contributed by atoms with van der Waals surface area (Å²) in [5.74, 6) is 0.397. The first kappa shape index (κ1) is 24.0. The zero-order valence-corrected chi connectivity index (χ0v) is 21.1. The monoisotopic (exact) mass is 495 g/mol. The first-order valence-corrected chi connectivity index (χ1v) is 13.4. The number of ether oxygens (including phenoxy) is 2. The van der Waals surface area contributed by atoms with E-state index < -0.39 is 6.29 Å². The summed E-state index contributed by atoms with van der Waals surface area (Å²) in [5, 5.41) is 9.31. The fourth-order valence-electron chi connectivity index (χ4n) is 5.70. The molecule has 5 heteroatoms. The molecule has 0 bridgehead atoms. The van der Waals surface area contributed by atoms with Crippen LogP contribution in [0.2, 0.25) is 0 Å². The number of carbonyl (C=O) groups excluding carboxylic acids is 1. The van der Waals surface area contributed by atoms with Crippen molar-refractivity contribution < 1.29 is 19.4 Å². The van der Waals surface area contributed by atoms with Crippen LogP contribution in [0, 0.1) is 0 Å². The highest BCUT2D eigenvalue weighted by molar-refractivity contribution is 5.92. The Hall–Kier alpha value is -3.41. The van der Waals surface area contributed by atoms with Gasteiger partial charge < -0.3 is 19.5 Å². The molecular weight excluding hydrogens is 462 g/mol. The van der Waals surface area contributed by atoms with Crippen molar-refractivity contribution in [2.45, 2.75) is 57.5 Å². The quantitative estimate of drug-likeness (QED) is 0.373. The average Bonchev–Trinajstić information content (AvgIpc) is 3.34. The molecule has 1 amide bonds. The van der Waals surface area contributed by atoms with E-state index in [1.807, 2.05) is 35.2 Å². The van der Waals surface area contributed by atoms with Gasteiger partial charge in [0.25, 0.3) is 5.91 Å². The molecule has 1 saturated heterocycles. The van der Waals surface area contributed by atoms with Crippen LogP contribution in [0.3, 0.4) is 0 Å². The van der Waals surface area contributed by atoms with E-state index in [4.69, 9.17) is 9.47 Å². The van der Waals surface area contributed by atoms with Gasteiger partial charge in [0.15, 0.2) is 5.76 Å². The van der Waals surface area contributed by atoms with Gasteiger partial charge >= 0.3 is 0 Å². The Bertz CT molecular complexity index is 1310. The summed E-state index contributed by atoms with van der Waals surface area (Å²) in [6.07, 6.45) is 6.35. The molecule has 1 N–H and O–H groups in total. The van der Waals surface area contributed by atoms with Crippen LogP contribution < -0.4 is 0 Å². The molecular formula is C32H33NO4. The van der Waals surface area contributed by atoms with Crippen molar-refractivity contribution in [3.05, 3.63) is 106 Å². The minimum atomic E-state index is -0.517. The molecule has 37 heavy (non-hydrogen) atoms. The Morgan fingerprint density at radius 3 is 2.49 bits per heavy atom. The van der Waals surface area contributed by atoms with E-state index in [1.165, 1.54) is 34.2 Å². The van der Waals surface area contributed by atoms with E-state index >= 15 is 0 Å². The third-order valence-electron chi connectivity index (χ3n) is 7.80. The fourth-order valence-corrected chi connectivity index (χ4v) is 5.70. The van der Waals surface area contributed by atoms with Crippen molar-refractivity contribution in [1.82, 2.24) is 4.90 Å². The van der Waals surface area contributed by atoms with Gasteiger partial charge in [0.2, 0.25) is 6.29 Å². The Morgan fingerprint density at radius 2 is 1.68 bits per heavy atom. The standard InChI is InChI=1S/C32H33NO4/c34-20-22-8-10-23(11-9-22)21-36-31-19-27(18-30(37-31)32(35)33-14-4-1-5-15-33)24-12-13-26-16-25-6-2-3-7-28(25)29(26)17-24/h2-3,6-13,17-18,27,31,34H,1,4-5,14-16,19-21H2/t27-,31+/m1/s1. The number of aliphatic hydroxyl groups excluding tert-OH is 1. The number of benzene rings is 3. The highest BCUT2D eigenvalue weighted by Crippen LogP contribution is 2.40. The van der Waals surface area contributed by atoms with Crippen molar-refractivity contribution in [2.24, 2.45) is 0 Å². The van der Waals surface area contributed by atoms with Crippen LogP contribution in [0.15, 0.2) is 78.6 Å². The predicted octanol–water partition coefficient (Wildman–Crippen LogP) is 5.69. The molecule has 3 aliphatic rings. The molecule has 5 nitrogen and oxygen atoms in total. The van der Waals surface area contributed by atoms with Crippen molar-refractivity contribution in [1.29, 1.82) is 0 Å². The third kappa shape index (κ3) is 5.07. The topological polar surface area (TPSA) is 59.0 Å². The van der Waals surface area contributed by atoms with Gasteiger partial charge in [-0.1, -0.05) is 66.7 Å². The smallest absolute Gasteiger partial charge is 0.288 e. The van der Waals surface area contributed by atoms with Crippen LogP contribution >= 0.6 is 0 Å². The fraction of sp³-hybridized carbons (Fsp3) is 0.344. The van der Waals surface area contributed by atoms with Crippen LogP contribution in [-0.4, -0.2) is 35.3 Å². The van der Waals surface area contributed by atoms with Crippen LogP contribution in [0.1, 0.15) is 59.4 Å². The molecule has 2 atom stereocenters. The maximum atomic E-state index is 13.4. The lowest BCUT2D eigenvalue weighted by atomic mass is 9.90. The van der Waals surface area contributed by atoms with Crippen LogP contribution in [0.5, 0.6) is 0 Å². The van der Waals surface area contributed by atoms with E-state index in [1.54, 1.807) is 0 Å². The van der Waals surface area contributed by atoms with Crippen molar-refractivity contribution >= 4 is 5.91 Å². The van der Waals surface area contributed by atoms with Gasteiger partial charge in [-0.25, -0.2) is 0 Å². The summed E-state index contributed by atoms with van der Waals surface area (Å²) >= 11 is 0. The minimum Gasteiger partial charge on any atom is -0.459 e. The molecule has 0 aromatic heterocycles. The second-order valence-corrected chi connectivity index (χ2v) is 10.3. The number of rotatable bonds is 6. The summed E-state index contributed by atoms with van der Waals surface area (Å²) in [6.45, 7) is 1.96. The molecule has 0 radical (unpaired) electrons. The Labute approximate surface area is 218 Å².